The number of carbonyl (C=O) groups excluding carboxylic acids is 1. The lowest BCUT2D eigenvalue weighted by atomic mass is 10.2. The Morgan fingerprint density at radius 2 is 2.21 bits per heavy atom. The molecule has 5 nitrogen and oxygen atoms in total. The van der Waals surface area contributed by atoms with Crippen LogP contribution in [0.4, 0.5) is 5.69 Å². The monoisotopic (exact) mass is 279 g/mol. The van der Waals surface area contributed by atoms with Gasteiger partial charge in [0.25, 0.3) is 0 Å². The van der Waals surface area contributed by atoms with Gasteiger partial charge in [0.1, 0.15) is 11.1 Å². The highest BCUT2D eigenvalue weighted by molar-refractivity contribution is 7.80. The second kappa shape index (κ2) is 6.60. The van der Waals surface area contributed by atoms with Gasteiger partial charge in [-0.25, -0.2) is 0 Å². The molecule has 1 aliphatic rings. The molecule has 0 radical (unpaired) electrons. The number of para-hydroxylation sites is 1. The lowest BCUT2D eigenvalue weighted by Crippen LogP contribution is -2.49. The van der Waals surface area contributed by atoms with Crippen molar-refractivity contribution in [2.75, 3.05) is 31.6 Å². The van der Waals surface area contributed by atoms with Crippen LogP contribution in [0.25, 0.3) is 0 Å². The van der Waals surface area contributed by atoms with E-state index in [0.29, 0.717) is 31.2 Å². The third-order valence-corrected chi connectivity index (χ3v) is 3.16. The molecule has 1 aromatic carbocycles. The zero-order chi connectivity index (χ0) is 13.7. The highest BCUT2D eigenvalue weighted by Crippen LogP contribution is 2.08. The molecule has 0 spiro atoms. The summed E-state index contributed by atoms with van der Waals surface area (Å²) in [5, 5.41) is 2.85. The molecule has 1 amide bonds. The first-order chi connectivity index (χ1) is 9.15. The van der Waals surface area contributed by atoms with Gasteiger partial charge < -0.3 is 15.8 Å². The van der Waals surface area contributed by atoms with E-state index in [1.807, 2.05) is 35.2 Å². The molecule has 1 aliphatic heterocycles. The van der Waals surface area contributed by atoms with Crippen LogP contribution in [0.1, 0.15) is 0 Å². The minimum atomic E-state index is -0.256. The third-order valence-electron chi connectivity index (χ3n) is 2.89. The highest BCUT2D eigenvalue weighted by atomic mass is 32.1. The number of amides is 1. The summed E-state index contributed by atoms with van der Waals surface area (Å²) in [7, 11) is 0. The summed E-state index contributed by atoms with van der Waals surface area (Å²) >= 11 is 4.91. The molecule has 0 saturated carbocycles. The van der Waals surface area contributed by atoms with Crippen molar-refractivity contribution in [3.8, 4) is 0 Å². The van der Waals surface area contributed by atoms with E-state index in [4.69, 9.17) is 22.7 Å². The first-order valence-corrected chi connectivity index (χ1v) is 6.54. The average Bonchev–Trinajstić information content (AvgIpc) is 2.40. The fraction of sp³-hybridized carbons (Fsp3) is 0.385. The Hall–Kier alpha value is -1.50. The molecule has 1 aromatic rings. The van der Waals surface area contributed by atoms with Crippen molar-refractivity contribution >= 4 is 28.8 Å². The molecule has 19 heavy (non-hydrogen) atoms. The lowest BCUT2D eigenvalue weighted by Gasteiger charge is -2.31. The van der Waals surface area contributed by atoms with E-state index in [9.17, 15) is 4.79 Å². The Kier molecular flexibility index (Phi) is 4.84. The molecule has 1 heterocycles. The van der Waals surface area contributed by atoms with E-state index in [2.05, 4.69) is 5.32 Å². The topological polar surface area (TPSA) is 67.6 Å². The number of benzene rings is 1. The zero-order valence-electron chi connectivity index (χ0n) is 10.5. The maximum absolute atomic E-state index is 11.9. The van der Waals surface area contributed by atoms with E-state index in [1.54, 1.807) is 0 Å². The van der Waals surface area contributed by atoms with E-state index >= 15 is 0 Å². The highest BCUT2D eigenvalue weighted by Gasteiger charge is 2.23. The molecule has 1 unspecified atom stereocenters. The molecule has 1 saturated heterocycles. The van der Waals surface area contributed by atoms with Gasteiger partial charge in [0, 0.05) is 18.8 Å². The number of morpholine rings is 1. The summed E-state index contributed by atoms with van der Waals surface area (Å²) in [5.41, 5.74) is 6.36. The van der Waals surface area contributed by atoms with Crippen LogP contribution < -0.4 is 11.1 Å². The molecular formula is C13H17N3O2S. The van der Waals surface area contributed by atoms with Gasteiger partial charge in [0.15, 0.2) is 0 Å². The number of nitrogens with one attached hydrogen (secondary N) is 1. The summed E-state index contributed by atoms with van der Waals surface area (Å²) in [6.07, 6.45) is -0.256. The standard InChI is InChI=1S/C13H17N3O2S/c14-13(19)11-8-16(6-7-18-11)9-12(17)15-10-4-2-1-3-5-10/h1-5,11H,6-9H2,(H2,14,19)(H,15,17). The second-order valence-corrected chi connectivity index (χ2v) is 4.88. The van der Waals surface area contributed by atoms with Crippen LogP contribution in [0.5, 0.6) is 0 Å². The number of hydrogen-bond donors (Lipinski definition) is 2. The van der Waals surface area contributed by atoms with Gasteiger partial charge in [-0.2, -0.15) is 0 Å². The molecule has 102 valence electrons. The van der Waals surface area contributed by atoms with Crippen LogP contribution >= 0.6 is 12.2 Å². The Balaban J connectivity index is 1.83. The predicted molar refractivity (Wildman–Crippen MR) is 78.0 cm³/mol. The van der Waals surface area contributed by atoms with Gasteiger partial charge in [-0.1, -0.05) is 30.4 Å². The van der Waals surface area contributed by atoms with Gasteiger partial charge in [-0.15, -0.1) is 0 Å². The van der Waals surface area contributed by atoms with Crippen molar-refractivity contribution in [3.63, 3.8) is 0 Å². The molecule has 0 bridgehead atoms. The maximum atomic E-state index is 11.9. The lowest BCUT2D eigenvalue weighted by molar-refractivity contribution is -0.118. The normalized spacial score (nSPS) is 19.9. The van der Waals surface area contributed by atoms with E-state index in [-0.39, 0.29) is 12.0 Å². The third kappa shape index (κ3) is 4.27. The molecule has 1 fully saturated rings. The first kappa shape index (κ1) is 13.9. The van der Waals surface area contributed by atoms with Crippen LogP contribution in [0.2, 0.25) is 0 Å². The minimum absolute atomic E-state index is 0.0465. The van der Waals surface area contributed by atoms with Crippen molar-refractivity contribution in [1.82, 2.24) is 4.90 Å². The molecule has 0 aliphatic carbocycles. The number of nitrogens with zero attached hydrogens (tertiary/aromatic N) is 1. The van der Waals surface area contributed by atoms with Crippen molar-refractivity contribution in [3.05, 3.63) is 30.3 Å². The SMILES string of the molecule is NC(=S)C1CN(CC(=O)Nc2ccccc2)CCO1. The number of hydrogen-bond acceptors (Lipinski definition) is 4. The van der Waals surface area contributed by atoms with Gasteiger partial charge in [0.2, 0.25) is 5.91 Å². The Morgan fingerprint density at radius 1 is 1.47 bits per heavy atom. The van der Waals surface area contributed by atoms with Crippen LogP contribution in [-0.2, 0) is 9.53 Å². The minimum Gasteiger partial charge on any atom is -0.391 e. The molecule has 1 atom stereocenters. The van der Waals surface area contributed by atoms with Gasteiger partial charge in [0.05, 0.1) is 13.2 Å². The summed E-state index contributed by atoms with van der Waals surface area (Å²) in [6, 6.07) is 9.38. The number of ether oxygens (including phenoxy) is 1. The van der Waals surface area contributed by atoms with Crippen LogP contribution in [0.3, 0.4) is 0 Å². The van der Waals surface area contributed by atoms with Crippen LogP contribution in [0, 0.1) is 0 Å². The predicted octanol–water partition coefficient (Wildman–Crippen LogP) is 0.612. The van der Waals surface area contributed by atoms with Crippen molar-refractivity contribution in [2.24, 2.45) is 5.73 Å². The first-order valence-electron chi connectivity index (χ1n) is 6.13. The smallest absolute Gasteiger partial charge is 0.238 e. The van der Waals surface area contributed by atoms with Crippen LogP contribution in [0.15, 0.2) is 30.3 Å². The zero-order valence-corrected chi connectivity index (χ0v) is 11.4. The van der Waals surface area contributed by atoms with Gasteiger partial charge in [-0.3, -0.25) is 9.69 Å². The molecule has 0 aromatic heterocycles. The second-order valence-electron chi connectivity index (χ2n) is 4.41. The van der Waals surface area contributed by atoms with Gasteiger partial charge in [-0.05, 0) is 12.1 Å². The molecule has 2 rings (SSSR count). The summed E-state index contributed by atoms with van der Waals surface area (Å²) < 4.78 is 5.43. The number of thiocarbonyl (C=S) groups is 1. The largest absolute Gasteiger partial charge is 0.391 e. The quantitative estimate of drug-likeness (QED) is 0.791. The number of anilines is 1. The Bertz CT molecular complexity index is 452. The molecule has 3 N–H and O–H groups in total. The van der Waals surface area contributed by atoms with Crippen molar-refractivity contribution in [2.45, 2.75) is 6.10 Å². The van der Waals surface area contributed by atoms with E-state index < -0.39 is 0 Å². The van der Waals surface area contributed by atoms with Crippen molar-refractivity contribution in [1.29, 1.82) is 0 Å². The Morgan fingerprint density at radius 3 is 2.89 bits per heavy atom. The Labute approximate surface area is 117 Å². The molecule has 6 heteroatoms. The van der Waals surface area contributed by atoms with Gasteiger partial charge >= 0.3 is 0 Å². The van der Waals surface area contributed by atoms with E-state index in [0.717, 1.165) is 5.69 Å². The summed E-state index contributed by atoms with van der Waals surface area (Å²) in [4.78, 5) is 14.2. The average molecular weight is 279 g/mol. The summed E-state index contributed by atoms with van der Waals surface area (Å²) in [6.45, 7) is 2.14. The number of rotatable bonds is 4. The molecular weight excluding hydrogens is 262 g/mol. The van der Waals surface area contributed by atoms with Crippen LogP contribution in [-0.4, -0.2) is 48.1 Å². The van der Waals surface area contributed by atoms with E-state index in [1.165, 1.54) is 0 Å². The summed E-state index contributed by atoms with van der Waals surface area (Å²) in [5.74, 6) is -0.0465. The fourth-order valence-corrected chi connectivity index (χ4v) is 2.09. The number of carbonyl (C=O) groups is 1. The fourth-order valence-electron chi connectivity index (χ4n) is 1.94. The van der Waals surface area contributed by atoms with Crippen molar-refractivity contribution < 1.29 is 9.53 Å². The maximum Gasteiger partial charge on any atom is 0.238 e. The number of nitrogens with two attached hydrogens (primary N) is 1.